The Morgan fingerprint density at radius 2 is 1.79 bits per heavy atom. The van der Waals surface area contributed by atoms with Crippen LogP contribution in [0.5, 0.6) is 0 Å². The maximum Gasteiger partial charge on any atom is 0.407 e. The van der Waals surface area contributed by atoms with E-state index in [-0.39, 0.29) is 6.09 Å². The number of ether oxygens (including phenoxy) is 1. The second-order valence-corrected chi connectivity index (χ2v) is 5.99. The second kappa shape index (κ2) is 9.18. The highest BCUT2D eigenvalue weighted by molar-refractivity contribution is 5.67. The van der Waals surface area contributed by atoms with E-state index in [0.29, 0.717) is 12.6 Å². The molecule has 0 aliphatic heterocycles. The molecule has 0 aromatic rings. The van der Waals surface area contributed by atoms with Crippen molar-refractivity contribution in [2.24, 2.45) is 0 Å². The number of hydrogen-bond acceptors (Lipinski definition) is 3. The van der Waals surface area contributed by atoms with Gasteiger partial charge in [-0.1, -0.05) is 20.3 Å². The van der Waals surface area contributed by atoms with Crippen LogP contribution in [0.3, 0.4) is 0 Å². The van der Waals surface area contributed by atoms with E-state index in [9.17, 15) is 4.79 Å². The molecule has 0 radical (unpaired) electrons. The van der Waals surface area contributed by atoms with E-state index in [0.717, 1.165) is 25.9 Å². The number of alkyl carbamates (subject to hydrolysis) is 1. The topological polar surface area (TPSA) is 41.6 Å². The normalized spacial score (nSPS) is 13.4. The van der Waals surface area contributed by atoms with Crippen molar-refractivity contribution in [3.8, 4) is 0 Å². The minimum atomic E-state index is -0.415. The van der Waals surface area contributed by atoms with Crippen molar-refractivity contribution in [3.63, 3.8) is 0 Å². The molecule has 0 heterocycles. The lowest BCUT2D eigenvalue weighted by Gasteiger charge is -2.26. The van der Waals surface area contributed by atoms with Gasteiger partial charge in [0.05, 0.1) is 0 Å². The molecule has 0 saturated carbocycles. The Kier molecular flexibility index (Phi) is 8.81. The van der Waals surface area contributed by atoms with Gasteiger partial charge in [0.1, 0.15) is 5.60 Å². The number of hydrogen-bond donors (Lipinski definition) is 1. The largest absolute Gasteiger partial charge is 0.444 e. The molecule has 4 nitrogen and oxygen atoms in total. The van der Waals surface area contributed by atoms with Crippen LogP contribution in [0, 0.1) is 0 Å². The number of nitrogens with one attached hydrogen (secondary N) is 1. The summed E-state index contributed by atoms with van der Waals surface area (Å²) in [7, 11) is 0. The first kappa shape index (κ1) is 18.2. The fourth-order valence-electron chi connectivity index (χ4n) is 2.10. The Morgan fingerprint density at radius 3 is 2.26 bits per heavy atom. The van der Waals surface area contributed by atoms with E-state index >= 15 is 0 Å². The number of rotatable bonds is 8. The van der Waals surface area contributed by atoms with Crippen molar-refractivity contribution in [2.45, 2.75) is 72.4 Å². The zero-order valence-corrected chi connectivity index (χ0v) is 13.6. The molecule has 0 aromatic carbocycles. The number of amides is 1. The minimum Gasteiger partial charge on any atom is -0.444 e. The van der Waals surface area contributed by atoms with Crippen LogP contribution in [0.1, 0.15) is 60.8 Å². The Bertz CT molecular complexity index is 245. The molecule has 1 N–H and O–H groups in total. The number of carbonyl (C=O) groups is 1. The van der Waals surface area contributed by atoms with E-state index in [1.165, 1.54) is 6.42 Å². The van der Waals surface area contributed by atoms with Gasteiger partial charge in [0.2, 0.25) is 0 Å². The van der Waals surface area contributed by atoms with Crippen molar-refractivity contribution in [1.82, 2.24) is 10.2 Å². The summed E-state index contributed by atoms with van der Waals surface area (Å²) in [6, 6.07) is 0.622. The molecule has 0 rings (SSSR count). The first-order valence-electron chi connectivity index (χ1n) is 7.51. The van der Waals surface area contributed by atoms with E-state index in [1.54, 1.807) is 0 Å². The molecule has 0 aliphatic rings. The fraction of sp³-hybridized carbons (Fsp3) is 0.933. The molecule has 4 heteroatoms. The standard InChI is InChI=1S/C15H32N2O2/c1-7-17(8-2)13(3)11-9-10-12-16-14(18)19-15(4,5)6/h13H,7-12H2,1-6H3,(H,16,18). The summed E-state index contributed by atoms with van der Waals surface area (Å²) in [4.78, 5) is 13.9. The Morgan fingerprint density at radius 1 is 1.21 bits per heavy atom. The van der Waals surface area contributed by atoms with E-state index < -0.39 is 5.60 Å². The van der Waals surface area contributed by atoms with E-state index in [2.05, 4.69) is 31.0 Å². The fourth-order valence-corrected chi connectivity index (χ4v) is 2.10. The van der Waals surface area contributed by atoms with Gasteiger partial charge in [0.15, 0.2) is 0 Å². The predicted molar refractivity (Wildman–Crippen MR) is 80.5 cm³/mol. The monoisotopic (exact) mass is 272 g/mol. The summed E-state index contributed by atoms with van der Waals surface area (Å²) in [6.45, 7) is 15.2. The first-order chi connectivity index (χ1) is 8.80. The molecular formula is C15H32N2O2. The molecule has 1 unspecified atom stereocenters. The van der Waals surface area contributed by atoms with Crippen molar-refractivity contribution in [1.29, 1.82) is 0 Å². The van der Waals surface area contributed by atoms with Crippen LogP contribution < -0.4 is 5.32 Å². The smallest absolute Gasteiger partial charge is 0.407 e. The SMILES string of the molecule is CCN(CC)C(C)CCCCNC(=O)OC(C)(C)C. The van der Waals surface area contributed by atoms with Gasteiger partial charge >= 0.3 is 6.09 Å². The van der Waals surface area contributed by atoms with E-state index in [4.69, 9.17) is 4.74 Å². The summed E-state index contributed by atoms with van der Waals surface area (Å²) in [5.41, 5.74) is -0.415. The molecule has 1 atom stereocenters. The molecule has 0 aromatic heterocycles. The van der Waals surface area contributed by atoms with Gasteiger partial charge in [-0.15, -0.1) is 0 Å². The highest BCUT2D eigenvalue weighted by Gasteiger charge is 2.15. The minimum absolute atomic E-state index is 0.315. The van der Waals surface area contributed by atoms with Gasteiger partial charge < -0.3 is 15.0 Å². The lowest BCUT2D eigenvalue weighted by atomic mass is 10.1. The van der Waals surface area contributed by atoms with Gasteiger partial charge in [0.25, 0.3) is 0 Å². The maximum absolute atomic E-state index is 11.4. The maximum atomic E-state index is 11.4. The third-order valence-electron chi connectivity index (χ3n) is 3.15. The van der Waals surface area contributed by atoms with Crippen molar-refractivity contribution >= 4 is 6.09 Å². The van der Waals surface area contributed by atoms with Gasteiger partial charge in [-0.2, -0.15) is 0 Å². The highest BCUT2D eigenvalue weighted by Crippen LogP contribution is 2.08. The van der Waals surface area contributed by atoms with Crippen LogP contribution in [-0.4, -0.2) is 42.3 Å². The highest BCUT2D eigenvalue weighted by atomic mass is 16.6. The van der Waals surface area contributed by atoms with E-state index in [1.807, 2.05) is 20.8 Å². The first-order valence-corrected chi connectivity index (χ1v) is 7.51. The molecule has 0 aliphatic carbocycles. The van der Waals surface area contributed by atoms with Gasteiger partial charge in [0, 0.05) is 12.6 Å². The summed E-state index contributed by atoms with van der Waals surface area (Å²) in [6.07, 6.45) is 3.00. The zero-order valence-electron chi connectivity index (χ0n) is 13.6. The number of nitrogens with zero attached hydrogens (tertiary/aromatic N) is 1. The molecule has 1 amide bonds. The van der Waals surface area contributed by atoms with Crippen LogP contribution >= 0.6 is 0 Å². The average Bonchev–Trinajstić information content (AvgIpc) is 2.27. The summed E-state index contributed by atoms with van der Waals surface area (Å²) < 4.78 is 5.18. The zero-order chi connectivity index (χ0) is 14.9. The summed E-state index contributed by atoms with van der Waals surface area (Å²) >= 11 is 0. The lowest BCUT2D eigenvalue weighted by molar-refractivity contribution is 0.0526. The Balaban J connectivity index is 3.62. The third-order valence-corrected chi connectivity index (χ3v) is 3.15. The predicted octanol–water partition coefficient (Wildman–Crippen LogP) is 3.41. The average molecular weight is 272 g/mol. The van der Waals surface area contributed by atoms with Crippen molar-refractivity contribution in [2.75, 3.05) is 19.6 Å². The van der Waals surface area contributed by atoms with Gasteiger partial charge in [-0.3, -0.25) is 0 Å². The van der Waals surface area contributed by atoms with Crippen LogP contribution in [-0.2, 0) is 4.74 Å². The summed E-state index contributed by atoms with van der Waals surface area (Å²) in [5, 5.41) is 2.80. The molecule has 0 bridgehead atoms. The molecule has 0 spiro atoms. The van der Waals surface area contributed by atoms with Crippen molar-refractivity contribution in [3.05, 3.63) is 0 Å². The van der Waals surface area contributed by atoms with Crippen LogP contribution in [0.4, 0.5) is 4.79 Å². The number of unbranched alkanes of at least 4 members (excludes halogenated alkanes) is 1. The Hall–Kier alpha value is -0.770. The lowest BCUT2D eigenvalue weighted by Crippen LogP contribution is -2.34. The van der Waals surface area contributed by atoms with Crippen molar-refractivity contribution < 1.29 is 9.53 Å². The molecule has 114 valence electrons. The van der Waals surface area contributed by atoms with Crippen LogP contribution in [0.25, 0.3) is 0 Å². The number of carbonyl (C=O) groups excluding carboxylic acids is 1. The molecule has 19 heavy (non-hydrogen) atoms. The quantitative estimate of drug-likeness (QED) is 0.688. The summed E-state index contributed by atoms with van der Waals surface area (Å²) in [5.74, 6) is 0. The van der Waals surface area contributed by atoms with Gasteiger partial charge in [-0.25, -0.2) is 4.79 Å². The van der Waals surface area contributed by atoms with Gasteiger partial charge in [-0.05, 0) is 53.6 Å². The second-order valence-electron chi connectivity index (χ2n) is 5.99. The Labute approximate surface area is 118 Å². The molecule has 0 saturated heterocycles. The third kappa shape index (κ3) is 9.77. The van der Waals surface area contributed by atoms with Crippen LogP contribution in [0.15, 0.2) is 0 Å². The van der Waals surface area contributed by atoms with Crippen LogP contribution in [0.2, 0.25) is 0 Å². The molecule has 0 fully saturated rings. The molecular weight excluding hydrogens is 240 g/mol.